The Morgan fingerprint density at radius 1 is 1.21 bits per heavy atom. The molecule has 0 saturated carbocycles. The number of hydrogen-bond donors (Lipinski definition) is 2. The summed E-state index contributed by atoms with van der Waals surface area (Å²) in [7, 11) is 0. The molecule has 2 amide bonds. The third-order valence-corrected chi connectivity index (χ3v) is 7.65. The second-order valence-electron chi connectivity index (χ2n) is 9.07. The predicted octanol–water partition coefficient (Wildman–Crippen LogP) is 3.99. The number of hydrogen-bond acceptors (Lipinski definition) is 5. The van der Waals surface area contributed by atoms with E-state index in [0.29, 0.717) is 11.6 Å². The summed E-state index contributed by atoms with van der Waals surface area (Å²) >= 11 is 1.73. The number of benzene rings is 1. The smallest absolute Gasteiger partial charge is 0.251 e. The van der Waals surface area contributed by atoms with Crippen molar-refractivity contribution >= 4 is 34.2 Å². The summed E-state index contributed by atoms with van der Waals surface area (Å²) in [5, 5.41) is 7.91. The second-order valence-corrected chi connectivity index (χ2v) is 10.1. The number of imidazole rings is 1. The van der Waals surface area contributed by atoms with Crippen molar-refractivity contribution < 1.29 is 9.59 Å². The van der Waals surface area contributed by atoms with Crippen LogP contribution in [0.15, 0.2) is 35.7 Å². The van der Waals surface area contributed by atoms with Crippen LogP contribution in [0, 0.1) is 0 Å². The third-order valence-electron chi connectivity index (χ3n) is 6.78. The molecule has 1 aliphatic rings. The lowest BCUT2D eigenvalue weighted by Crippen LogP contribution is -2.47. The molecule has 0 aliphatic carbocycles. The summed E-state index contributed by atoms with van der Waals surface area (Å²) in [6, 6.07) is 10.3. The van der Waals surface area contributed by atoms with E-state index in [2.05, 4.69) is 58.4 Å². The number of carbonyl (C=O) groups is 2. The molecule has 1 fully saturated rings. The lowest BCUT2D eigenvalue weighted by atomic mass is 10.1. The van der Waals surface area contributed by atoms with Crippen LogP contribution >= 0.6 is 11.3 Å². The largest absolute Gasteiger partial charge is 0.352 e. The van der Waals surface area contributed by atoms with Crippen molar-refractivity contribution in [2.24, 2.45) is 0 Å². The van der Waals surface area contributed by atoms with E-state index < -0.39 is 0 Å². The summed E-state index contributed by atoms with van der Waals surface area (Å²) in [4.78, 5) is 33.7. The summed E-state index contributed by atoms with van der Waals surface area (Å²) in [6.45, 7) is 9.57. The van der Waals surface area contributed by atoms with E-state index in [1.54, 1.807) is 11.3 Å². The van der Waals surface area contributed by atoms with Gasteiger partial charge in [0.1, 0.15) is 5.82 Å². The molecular formula is C26H35N5O2S. The molecule has 3 heterocycles. The van der Waals surface area contributed by atoms with Crippen LogP contribution in [0.5, 0.6) is 0 Å². The first-order valence-electron chi connectivity index (χ1n) is 12.3. The summed E-state index contributed by atoms with van der Waals surface area (Å²) < 4.78 is 2.29. The van der Waals surface area contributed by atoms with E-state index in [4.69, 9.17) is 4.98 Å². The van der Waals surface area contributed by atoms with Gasteiger partial charge in [0.15, 0.2) is 0 Å². The molecule has 3 aromatic rings. The third kappa shape index (κ3) is 5.67. The normalized spacial score (nSPS) is 16.0. The Morgan fingerprint density at radius 3 is 2.68 bits per heavy atom. The van der Waals surface area contributed by atoms with Crippen molar-refractivity contribution in [1.29, 1.82) is 0 Å². The Balaban J connectivity index is 1.41. The fourth-order valence-corrected chi connectivity index (χ4v) is 5.29. The van der Waals surface area contributed by atoms with Crippen molar-refractivity contribution in [3.63, 3.8) is 0 Å². The average Bonchev–Trinajstić information content (AvgIpc) is 3.49. The van der Waals surface area contributed by atoms with Gasteiger partial charge in [-0.1, -0.05) is 19.9 Å². The van der Waals surface area contributed by atoms with Gasteiger partial charge in [-0.2, -0.15) is 0 Å². The minimum atomic E-state index is -0.254. The average molecular weight is 482 g/mol. The molecule has 182 valence electrons. The first-order chi connectivity index (χ1) is 16.5. The van der Waals surface area contributed by atoms with Crippen LogP contribution in [0.2, 0.25) is 0 Å². The van der Waals surface area contributed by atoms with Gasteiger partial charge in [-0.3, -0.25) is 9.59 Å². The molecule has 8 heteroatoms. The number of fused-ring (bicyclic) bond motifs is 1. The lowest BCUT2D eigenvalue weighted by molar-refractivity contribution is -0.121. The number of carbonyl (C=O) groups excluding carboxylic acids is 2. The van der Waals surface area contributed by atoms with Crippen molar-refractivity contribution in [1.82, 2.24) is 25.1 Å². The number of amides is 2. The monoisotopic (exact) mass is 481 g/mol. The second kappa shape index (κ2) is 11.1. The number of piperidine rings is 1. The van der Waals surface area contributed by atoms with Crippen molar-refractivity contribution in [2.45, 2.75) is 58.5 Å². The maximum atomic E-state index is 12.8. The molecular weight excluding hydrogens is 446 g/mol. The highest BCUT2D eigenvalue weighted by Crippen LogP contribution is 2.26. The molecule has 34 heavy (non-hydrogen) atoms. The minimum absolute atomic E-state index is 0.0181. The molecule has 1 atom stereocenters. The highest BCUT2D eigenvalue weighted by atomic mass is 32.1. The Hall–Kier alpha value is -2.71. The van der Waals surface area contributed by atoms with E-state index in [-0.39, 0.29) is 24.4 Å². The molecule has 0 radical (unpaired) electrons. The molecule has 1 unspecified atom stereocenters. The topological polar surface area (TPSA) is 79.3 Å². The van der Waals surface area contributed by atoms with Crippen molar-refractivity contribution in [3.05, 3.63) is 52.0 Å². The fraction of sp³-hybridized carbons (Fsp3) is 0.500. The number of nitrogens with one attached hydrogen (secondary N) is 2. The highest BCUT2D eigenvalue weighted by molar-refractivity contribution is 7.09. The van der Waals surface area contributed by atoms with Crippen molar-refractivity contribution in [3.8, 4) is 0 Å². The van der Waals surface area contributed by atoms with E-state index in [1.165, 1.54) is 4.88 Å². The zero-order chi connectivity index (χ0) is 24.1. The maximum Gasteiger partial charge on any atom is 0.251 e. The lowest BCUT2D eigenvalue weighted by Gasteiger charge is -2.31. The number of aromatic nitrogens is 2. The number of thiophene rings is 1. The molecule has 1 saturated heterocycles. The van der Waals surface area contributed by atoms with Gasteiger partial charge >= 0.3 is 0 Å². The number of nitrogens with zero attached hydrogens (tertiary/aromatic N) is 3. The molecule has 0 spiro atoms. The first kappa shape index (κ1) is 24.4. The van der Waals surface area contributed by atoms with Gasteiger partial charge in [-0.25, -0.2) is 4.98 Å². The van der Waals surface area contributed by atoms with Gasteiger partial charge in [-0.05, 0) is 62.4 Å². The Morgan fingerprint density at radius 2 is 2.00 bits per heavy atom. The van der Waals surface area contributed by atoms with E-state index in [0.717, 1.165) is 62.2 Å². The van der Waals surface area contributed by atoms with Gasteiger partial charge < -0.3 is 20.1 Å². The molecule has 7 nitrogen and oxygen atoms in total. The molecule has 0 bridgehead atoms. The standard InChI is InChI=1S/C26H35N5O2S/c1-4-18(3)31-23-9-8-19(15-22(23)29-24(31)16-21-7-6-14-34-21)26(33)27-17-25(32)28-20-10-12-30(5-2)13-11-20/h6-9,14-15,18,20H,4-5,10-13,16-17H2,1-3H3,(H,27,33)(H,28,32). The summed E-state index contributed by atoms with van der Waals surface area (Å²) in [6.07, 6.45) is 3.68. The van der Waals surface area contributed by atoms with E-state index in [9.17, 15) is 9.59 Å². The van der Waals surface area contributed by atoms with Crippen LogP contribution in [0.3, 0.4) is 0 Å². The first-order valence-corrected chi connectivity index (χ1v) is 13.2. The summed E-state index contributed by atoms with van der Waals surface area (Å²) in [5.41, 5.74) is 2.37. The SMILES string of the molecule is CCC(C)n1c(Cc2cccs2)nc2cc(C(=O)NCC(=O)NC3CCN(CC)CC3)ccc21. The zero-order valence-electron chi connectivity index (χ0n) is 20.3. The van der Waals surface area contributed by atoms with Gasteiger partial charge in [0, 0.05) is 42.0 Å². The van der Waals surface area contributed by atoms with Gasteiger partial charge in [0.05, 0.1) is 17.6 Å². The van der Waals surface area contributed by atoms with Crippen LogP contribution in [0.4, 0.5) is 0 Å². The molecule has 4 rings (SSSR count). The molecule has 2 N–H and O–H groups in total. The van der Waals surface area contributed by atoms with Crippen LogP contribution in [-0.2, 0) is 11.2 Å². The fourth-order valence-electron chi connectivity index (χ4n) is 4.59. The van der Waals surface area contributed by atoms with Crippen LogP contribution < -0.4 is 10.6 Å². The van der Waals surface area contributed by atoms with Crippen LogP contribution in [0.25, 0.3) is 11.0 Å². The van der Waals surface area contributed by atoms with Crippen LogP contribution in [-0.4, -0.2) is 58.5 Å². The molecule has 1 aliphatic heterocycles. The molecule has 2 aromatic heterocycles. The van der Waals surface area contributed by atoms with Crippen LogP contribution in [0.1, 0.15) is 67.1 Å². The van der Waals surface area contributed by atoms with E-state index in [1.807, 2.05) is 18.2 Å². The number of rotatable bonds is 9. The predicted molar refractivity (Wildman–Crippen MR) is 137 cm³/mol. The van der Waals surface area contributed by atoms with Gasteiger partial charge in [0.2, 0.25) is 5.91 Å². The Labute approximate surface area is 205 Å². The van der Waals surface area contributed by atoms with E-state index >= 15 is 0 Å². The van der Waals surface area contributed by atoms with Gasteiger partial charge in [0.25, 0.3) is 5.91 Å². The molecule has 1 aromatic carbocycles. The summed E-state index contributed by atoms with van der Waals surface area (Å²) in [5.74, 6) is 0.622. The maximum absolute atomic E-state index is 12.8. The van der Waals surface area contributed by atoms with Gasteiger partial charge in [-0.15, -0.1) is 11.3 Å². The Bertz CT molecular complexity index is 1120. The zero-order valence-corrected chi connectivity index (χ0v) is 21.2. The highest BCUT2D eigenvalue weighted by Gasteiger charge is 2.21. The number of likely N-dealkylation sites (tertiary alicyclic amines) is 1. The minimum Gasteiger partial charge on any atom is -0.352 e. The van der Waals surface area contributed by atoms with Crippen molar-refractivity contribution in [2.75, 3.05) is 26.2 Å². The Kier molecular flexibility index (Phi) is 8.00. The quantitative estimate of drug-likeness (QED) is 0.484.